The summed E-state index contributed by atoms with van der Waals surface area (Å²) < 4.78 is 5.49. The van der Waals surface area contributed by atoms with Crippen LogP contribution in [-0.2, 0) is 0 Å². The molecular weight excluding hydrogens is 232 g/mol. The van der Waals surface area contributed by atoms with Crippen molar-refractivity contribution < 1.29 is 9.66 Å². The molecule has 0 bridgehead atoms. The molecule has 0 aliphatic carbocycles. The molecule has 0 aliphatic rings. The first-order chi connectivity index (χ1) is 8.58. The average molecular weight is 244 g/mol. The van der Waals surface area contributed by atoms with Crippen molar-refractivity contribution in [2.24, 2.45) is 0 Å². The highest BCUT2D eigenvalue weighted by molar-refractivity contribution is 5.57. The van der Waals surface area contributed by atoms with Gasteiger partial charge in [0.25, 0.3) is 0 Å². The van der Waals surface area contributed by atoms with E-state index in [4.69, 9.17) is 10.5 Å². The molecule has 0 aromatic heterocycles. The highest BCUT2D eigenvalue weighted by Crippen LogP contribution is 2.34. The van der Waals surface area contributed by atoms with Crippen molar-refractivity contribution in [1.29, 1.82) is 0 Å². The Balaban J connectivity index is 2.41. The number of nitrogen functional groups attached to an aromatic ring is 1. The number of hydrogen-bond acceptors (Lipinski definition) is 4. The highest BCUT2D eigenvalue weighted by atomic mass is 16.6. The van der Waals surface area contributed by atoms with Crippen molar-refractivity contribution >= 4 is 11.4 Å². The van der Waals surface area contributed by atoms with Gasteiger partial charge in [-0.2, -0.15) is 0 Å². The normalized spacial score (nSPS) is 10.1. The first-order valence-corrected chi connectivity index (χ1v) is 5.35. The number of benzene rings is 2. The number of para-hydroxylation sites is 2. The summed E-state index contributed by atoms with van der Waals surface area (Å²) in [6.07, 6.45) is 0. The quantitative estimate of drug-likeness (QED) is 0.510. The van der Waals surface area contributed by atoms with E-state index in [0.29, 0.717) is 11.4 Å². The van der Waals surface area contributed by atoms with Gasteiger partial charge in [-0.25, -0.2) is 0 Å². The van der Waals surface area contributed by atoms with E-state index in [1.807, 2.05) is 0 Å². The Morgan fingerprint density at radius 1 is 1.17 bits per heavy atom. The fourth-order valence-electron chi connectivity index (χ4n) is 1.55. The summed E-state index contributed by atoms with van der Waals surface area (Å²) in [5.74, 6) is 0.591. The Bertz CT molecular complexity index is 597. The van der Waals surface area contributed by atoms with Gasteiger partial charge in [-0.1, -0.05) is 18.2 Å². The molecule has 0 aliphatic heterocycles. The molecule has 0 amide bonds. The topological polar surface area (TPSA) is 78.4 Å². The molecule has 2 aromatic rings. The molecule has 0 atom stereocenters. The minimum atomic E-state index is -0.471. The van der Waals surface area contributed by atoms with Gasteiger partial charge in [0, 0.05) is 6.07 Å². The van der Waals surface area contributed by atoms with Crippen LogP contribution in [0.25, 0.3) is 0 Å². The van der Waals surface area contributed by atoms with Crippen molar-refractivity contribution in [3.63, 3.8) is 0 Å². The number of nitrogens with zero attached hydrogens (tertiary/aromatic N) is 1. The number of nitro groups is 1. The molecule has 18 heavy (non-hydrogen) atoms. The maximum atomic E-state index is 10.9. The van der Waals surface area contributed by atoms with E-state index < -0.39 is 4.92 Å². The zero-order valence-electron chi connectivity index (χ0n) is 9.79. The number of rotatable bonds is 3. The van der Waals surface area contributed by atoms with E-state index in [0.717, 1.165) is 5.56 Å². The Morgan fingerprint density at radius 3 is 2.56 bits per heavy atom. The Kier molecular flexibility index (Phi) is 3.14. The molecule has 5 heteroatoms. The molecule has 2 N–H and O–H groups in total. The molecule has 92 valence electrons. The van der Waals surface area contributed by atoms with Crippen LogP contribution in [0.15, 0.2) is 42.5 Å². The second-order valence-corrected chi connectivity index (χ2v) is 3.87. The number of ether oxygens (including phenoxy) is 1. The van der Waals surface area contributed by atoms with Gasteiger partial charge in [-0.05, 0) is 30.7 Å². The minimum Gasteiger partial charge on any atom is -0.448 e. The summed E-state index contributed by atoms with van der Waals surface area (Å²) in [4.78, 5) is 10.5. The van der Waals surface area contributed by atoms with Crippen molar-refractivity contribution in [2.45, 2.75) is 6.92 Å². The second kappa shape index (κ2) is 4.75. The van der Waals surface area contributed by atoms with Crippen molar-refractivity contribution in [3.8, 4) is 11.5 Å². The van der Waals surface area contributed by atoms with Crippen molar-refractivity contribution in [1.82, 2.24) is 0 Å². The van der Waals surface area contributed by atoms with Crippen LogP contribution in [-0.4, -0.2) is 4.92 Å². The summed E-state index contributed by atoms with van der Waals surface area (Å²) >= 11 is 0. The number of aryl methyl sites for hydroxylation is 1. The maximum Gasteiger partial charge on any atom is 0.311 e. The van der Waals surface area contributed by atoms with E-state index in [1.54, 1.807) is 43.3 Å². The van der Waals surface area contributed by atoms with Crippen molar-refractivity contribution in [3.05, 3.63) is 58.1 Å². The van der Waals surface area contributed by atoms with E-state index >= 15 is 0 Å². The lowest BCUT2D eigenvalue weighted by atomic mass is 10.2. The molecule has 0 fully saturated rings. The van der Waals surface area contributed by atoms with E-state index in [-0.39, 0.29) is 11.4 Å². The third kappa shape index (κ3) is 2.40. The van der Waals surface area contributed by atoms with Gasteiger partial charge in [-0.3, -0.25) is 10.1 Å². The maximum absolute atomic E-state index is 10.9. The summed E-state index contributed by atoms with van der Waals surface area (Å²) in [6.45, 7) is 1.79. The first-order valence-electron chi connectivity index (χ1n) is 5.35. The van der Waals surface area contributed by atoms with Gasteiger partial charge in [0.05, 0.1) is 10.6 Å². The molecule has 0 unspecified atom stereocenters. The largest absolute Gasteiger partial charge is 0.448 e. The lowest BCUT2D eigenvalue weighted by Crippen LogP contribution is -1.96. The van der Waals surface area contributed by atoms with Gasteiger partial charge in [0.1, 0.15) is 0 Å². The molecule has 0 saturated carbocycles. The Hall–Kier alpha value is -2.56. The Morgan fingerprint density at radius 2 is 1.89 bits per heavy atom. The molecule has 0 heterocycles. The fourth-order valence-corrected chi connectivity index (χ4v) is 1.55. The zero-order valence-corrected chi connectivity index (χ0v) is 9.79. The average Bonchev–Trinajstić information content (AvgIpc) is 2.34. The summed E-state index contributed by atoms with van der Waals surface area (Å²) in [5.41, 5.74) is 6.90. The number of hydrogen-bond donors (Lipinski definition) is 1. The van der Waals surface area contributed by atoms with Gasteiger partial charge in [-0.15, -0.1) is 0 Å². The third-order valence-corrected chi connectivity index (χ3v) is 2.45. The van der Waals surface area contributed by atoms with Crippen LogP contribution in [0.3, 0.4) is 0 Å². The van der Waals surface area contributed by atoms with Crippen LogP contribution >= 0.6 is 0 Å². The summed E-state index contributed by atoms with van der Waals surface area (Å²) in [6, 6.07) is 11.7. The zero-order chi connectivity index (χ0) is 13.1. The van der Waals surface area contributed by atoms with Gasteiger partial charge < -0.3 is 10.5 Å². The molecule has 0 spiro atoms. The Labute approximate surface area is 104 Å². The predicted octanol–water partition coefficient (Wildman–Crippen LogP) is 3.28. The smallest absolute Gasteiger partial charge is 0.311 e. The number of nitrogens with two attached hydrogens (primary N) is 1. The molecule has 2 aromatic carbocycles. The molecule has 0 saturated heterocycles. The van der Waals surface area contributed by atoms with Crippen LogP contribution in [0, 0.1) is 17.0 Å². The molecule has 5 nitrogen and oxygen atoms in total. The summed E-state index contributed by atoms with van der Waals surface area (Å²) in [5, 5.41) is 10.9. The predicted molar refractivity (Wildman–Crippen MR) is 68.8 cm³/mol. The first kappa shape index (κ1) is 11.9. The fraction of sp³-hybridized carbons (Fsp3) is 0.0769. The second-order valence-electron chi connectivity index (χ2n) is 3.87. The van der Waals surface area contributed by atoms with E-state index in [1.165, 1.54) is 6.07 Å². The van der Waals surface area contributed by atoms with Crippen LogP contribution in [0.2, 0.25) is 0 Å². The lowest BCUT2D eigenvalue weighted by molar-refractivity contribution is -0.385. The SMILES string of the molecule is Cc1ccc(Oc2ccccc2N)c([N+](=O)[O-])c1. The number of anilines is 1. The van der Waals surface area contributed by atoms with Gasteiger partial charge in [0.2, 0.25) is 5.75 Å². The lowest BCUT2D eigenvalue weighted by Gasteiger charge is -2.08. The molecule has 0 radical (unpaired) electrons. The standard InChI is InChI=1S/C13H12N2O3/c1-9-6-7-13(11(8-9)15(16)17)18-12-5-3-2-4-10(12)14/h2-8H,14H2,1H3. The van der Waals surface area contributed by atoms with Gasteiger partial charge >= 0.3 is 5.69 Å². The van der Waals surface area contributed by atoms with Gasteiger partial charge in [0.15, 0.2) is 5.75 Å². The van der Waals surface area contributed by atoms with Crippen LogP contribution in [0.5, 0.6) is 11.5 Å². The minimum absolute atomic E-state index is 0.0711. The van der Waals surface area contributed by atoms with Crippen LogP contribution in [0.1, 0.15) is 5.56 Å². The monoisotopic (exact) mass is 244 g/mol. The molecule has 2 rings (SSSR count). The number of nitro benzene ring substituents is 1. The summed E-state index contributed by atoms with van der Waals surface area (Å²) in [7, 11) is 0. The highest BCUT2D eigenvalue weighted by Gasteiger charge is 2.16. The molecular formula is C13H12N2O3. The van der Waals surface area contributed by atoms with E-state index in [2.05, 4.69) is 0 Å². The third-order valence-electron chi connectivity index (χ3n) is 2.45. The van der Waals surface area contributed by atoms with E-state index in [9.17, 15) is 10.1 Å². The van der Waals surface area contributed by atoms with Crippen LogP contribution in [0.4, 0.5) is 11.4 Å². The van der Waals surface area contributed by atoms with Crippen LogP contribution < -0.4 is 10.5 Å². The van der Waals surface area contributed by atoms with Crippen molar-refractivity contribution in [2.75, 3.05) is 5.73 Å².